The molecular weight excluding hydrogens is 281 g/mol. The van der Waals surface area contributed by atoms with Gasteiger partial charge in [0.15, 0.2) is 0 Å². The van der Waals surface area contributed by atoms with Crippen molar-refractivity contribution in [2.24, 2.45) is 5.92 Å². The molecule has 0 unspecified atom stereocenters. The Balaban J connectivity index is 1.62. The largest absolute Gasteiger partial charge is 0.394 e. The van der Waals surface area contributed by atoms with Crippen LogP contribution in [0.1, 0.15) is 29.5 Å². The van der Waals surface area contributed by atoms with E-state index in [1.54, 1.807) is 12.1 Å². The number of halogens is 1. The van der Waals surface area contributed by atoms with Gasteiger partial charge in [-0.1, -0.05) is 42.5 Å². The van der Waals surface area contributed by atoms with Gasteiger partial charge in [-0.25, -0.2) is 4.39 Å². The van der Waals surface area contributed by atoms with E-state index >= 15 is 0 Å². The summed E-state index contributed by atoms with van der Waals surface area (Å²) in [5.41, 5.74) is 1.87. The monoisotopic (exact) mass is 299 g/mol. The smallest absolute Gasteiger partial charge is 0.224 e. The Morgan fingerprint density at radius 2 is 1.86 bits per heavy atom. The molecule has 4 heteroatoms. The summed E-state index contributed by atoms with van der Waals surface area (Å²) in [7, 11) is 0. The zero-order valence-electron chi connectivity index (χ0n) is 12.1. The Bertz CT molecular complexity index is 642. The number of carbonyl (C=O) groups excluding carboxylic acids is 1. The first-order chi connectivity index (χ1) is 10.7. The third-order valence-corrected chi connectivity index (χ3v) is 4.13. The summed E-state index contributed by atoms with van der Waals surface area (Å²) in [6, 6.07) is 15.3. The summed E-state index contributed by atoms with van der Waals surface area (Å²) in [4.78, 5) is 12.3. The molecule has 22 heavy (non-hydrogen) atoms. The topological polar surface area (TPSA) is 49.3 Å². The van der Waals surface area contributed by atoms with Gasteiger partial charge in [0.25, 0.3) is 0 Å². The Morgan fingerprint density at radius 3 is 2.50 bits per heavy atom. The molecule has 0 aliphatic heterocycles. The van der Waals surface area contributed by atoms with Gasteiger partial charge in [0.05, 0.1) is 12.6 Å². The lowest BCUT2D eigenvalue weighted by molar-refractivity contribution is -0.123. The Kier molecular flexibility index (Phi) is 4.20. The Labute approximate surface area is 128 Å². The zero-order chi connectivity index (χ0) is 15.5. The van der Waals surface area contributed by atoms with Crippen molar-refractivity contribution in [3.63, 3.8) is 0 Å². The van der Waals surface area contributed by atoms with E-state index in [4.69, 9.17) is 0 Å². The van der Waals surface area contributed by atoms with Crippen molar-refractivity contribution in [3.05, 3.63) is 71.5 Å². The molecule has 1 fully saturated rings. The molecule has 1 amide bonds. The van der Waals surface area contributed by atoms with Gasteiger partial charge in [-0.2, -0.15) is 0 Å². The van der Waals surface area contributed by atoms with Crippen LogP contribution in [-0.2, 0) is 4.79 Å². The van der Waals surface area contributed by atoms with Crippen molar-refractivity contribution < 1.29 is 14.3 Å². The van der Waals surface area contributed by atoms with E-state index in [-0.39, 0.29) is 36.2 Å². The quantitative estimate of drug-likeness (QED) is 0.892. The highest BCUT2D eigenvalue weighted by molar-refractivity contribution is 5.83. The van der Waals surface area contributed by atoms with Crippen molar-refractivity contribution >= 4 is 5.91 Å². The highest BCUT2D eigenvalue weighted by atomic mass is 19.1. The van der Waals surface area contributed by atoms with Gasteiger partial charge in [-0.15, -0.1) is 0 Å². The second kappa shape index (κ2) is 6.28. The summed E-state index contributed by atoms with van der Waals surface area (Å²) < 4.78 is 12.9. The lowest BCUT2D eigenvalue weighted by Gasteiger charge is -2.16. The van der Waals surface area contributed by atoms with Crippen LogP contribution in [0.5, 0.6) is 0 Å². The molecule has 0 aromatic heterocycles. The first kappa shape index (κ1) is 14.7. The number of carbonyl (C=O) groups is 1. The number of rotatable bonds is 5. The number of nitrogens with one attached hydrogen (secondary N) is 1. The van der Waals surface area contributed by atoms with Crippen LogP contribution < -0.4 is 5.32 Å². The van der Waals surface area contributed by atoms with Crippen LogP contribution in [-0.4, -0.2) is 17.6 Å². The molecule has 1 aliphatic carbocycles. The van der Waals surface area contributed by atoms with E-state index in [9.17, 15) is 14.3 Å². The maximum absolute atomic E-state index is 12.9. The van der Waals surface area contributed by atoms with Gasteiger partial charge in [-0.3, -0.25) is 4.79 Å². The third-order valence-electron chi connectivity index (χ3n) is 4.13. The molecular formula is C18H18FNO2. The van der Waals surface area contributed by atoms with Crippen LogP contribution in [0.25, 0.3) is 0 Å². The van der Waals surface area contributed by atoms with Crippen LogP contribution >= 0.6 is 0 Å². The summed E-state index contributed by atoms with van der Waals surface area (Å²) in [5, 5.41) is 12.4. The van der Waals surface area contributed by atoms with Crippen LogP contribution in [0.4, 0.5) is 4.39 Å². The Morgan fingerprint density at radius 1 is 1.18 bits per heavy atom. The number of aliphatic hydroxyl groups excluding tert-OH is 1. The Hall–Kier alpha value is -2.20. The zero-order valence-corrected chi connectivity index (χ0v) is 12.1. The van der Waals surface area contributed by atoms with Gasteiger partial charge in [0.1, 0.15) is 5.82 Å². The predicted molar refractivity (Wildman–Crippen MR) is 81.7 cm³/mol. The highest BCUT2D eigenvalue weighted by Gasteiger charge is 2.44. The van der Waals surface area contributed by atoms with E-state index in [0.717, 1.165) is 17.5 Å². The maximum Gasteiger partial charge on any atom is 0.224 e. The molecule has 1 aliphatic rings. The summed E-state index contributed by atoms with van der Waals surface area (Å²) >= 11 is 0. The minimum atomic E-state index is -0.386. The fraction of sp³-hybridized carbons (Fsp3) is 0.278. The summed E-state index contributed by atoms with van der Waals surface area (Å²) in [5.74, 6) is -0.272. The van der Waals surface area contributed by atoms with Crippen molar-refractivity contribution in [1.82, 2.24) is 5.32 Å². The molecule has 2 aromatic rings. The molecule has 3 rings (SSSR count). The number of hydrogen-bond donors (Lipinski definition) is 2. The van der Waals surface area contributed by atoms with Gasteiger partial charge in [0.2, 0.25) is 5.91 Å². The van der Waals surface area contributed by atoms with Crippen molar-refractivity contribution in [2.75, 3.05) is 6.61 Å². The second-order valence-electron chi connectivity index (χ2n) is 5.65. The molecule has 1 saturated carbocycles. The first-order valence-corrected chi connectivity index (χ1v) is 7.40. The van der Waals surface area contributed by atoms with Crippen LogP contribution in [0, 0.1) is 11.7 Å². The van der Waals surface area contributed by atoms with E-state index in [1.165, 1.54) is 12.1 Å². The fourth-order valence-electron chi connectivity index (χ4n) is 2.76. The van der Waals surface area contributed by atoms with Gasteiger partial charge in [-0.05, 0) is 35.6 Å². The minimum absolute atomic E-state index is 0.0581. The standard InChI is InChI=1S/C18H18FNO2/c19-14-8-6-12(7-9-14)15-10-16(15)18(22)20-17(11-21)13-4-2-1-3-5-13/h1-9,15-17,21H,10-11H2,(H,20,22)/t15-,16+,17+/m1/s1. The molecule has 114 valence electrons. The molecule has 3 nitrogen and oxygen atoms in total. The molecule has 0 spiro atoms. The van der Waals surface area contributed by atoms with Gasteiger partial charge >= 0.3 is 0 Å². The lowest BCUT2D eigenvalue weighted by Crippen LogP contribution is -2.32. The second-order valence-corrected chi connectivity index (χ2v) is 5.65. The molecule has 0 saturated heterocycles. The number of benzene rings is 2. The molecule has 2 N–H and O–H groups in total. The van der Waals surface area contributed by atoms with Crippen molar-refractivity contribution in [2.45, 2.75) is 18.4 Å². The third kappa shape index (κ3) is 3.17. The van der Waals surface area contributed by atoms with Gasteiger partial charge in [0, 0.05) is 5.92 Å². The van der Waals surface area contributed by atoms with Gasteiger partial charge < -0.3 is 10.4 Å². The normalized spacial score (nSPS) is 21.2. The summed E-state index contributed by atoms with van der Waals surface area (Å²) in [6.07, 6.45) is 0.768. The lowest BCUT2D eigenvalue weighted by atomic mass is 10.1. The van der Waals surface area contributed by atoms with E-state index in [2.05, 4.69) is 5.32 Å². The van der Waals surface area contributed by atoms with E-state index in [0.29, 0.717) is 0 Å². The first-order valence-electron chi connectivity index (χ1n) is 7.40. The SMILES string of the molecule is O=C(N[C@@H](CO)c1ccccc1)[C@H]1C[C@@H]1c1ccc(F)cc1. The van der Waals surface area contributed by atoms with Crippen LogP contribution in [0.15, 0.2) is 54.6 Å². The van der Waals surface area contributed by atoms with Crippen LogP contribution in [0.3, 0.4) is 0 Å². The summed E-state index contributed by atoms with van der Waals surface area (Å²) in [6.45, 7) is -0.135. The van der Waals surface area contributed by atoms with E-state index < -0.39 is 0 Å². The van der Waals surface area contributed by atoms with Crippen molar-refractivity contribution in [3.8, 4) is 0 Å². The maximum atomic E-state index is 12.9. The number of hydrogen-bond acceptors (Lipinski definition) is 2. The molecule has 2 aromatic carbocycles. The average Bonchev–Trinajstić information content (AvgIpc) is 3.34. The predicted octanol–water partition coefficient (Wildman–Crippen LogP) is 2.78. The molecule has 0 heterocycles. The minimum Gasteiger partial charge on any atom is -0.394 e. The molecule has 0 bridgehead atoms. The average molecular weight is 299 g/mol. The molecule has 3 atom stereocenters. The fourth-order valence-corrected chi connectivity index (χ4v) is 2.76. The highest BCUT2D eigenvalue weighted by Crippen LogP contribution is 2.47. The number of amides is 1. The van der Waals surface area contributed by atoms with Crippen molar-refractivity contribution in [1.29, 1.82) is 0 Å². The molecule has 0 radical (unpaired) electrons. The van der Waals surface area contributed by atoms with Crippen LogP contribution in [0.2, 0.25) is 0 Å². The van der Waals surface area contributed by atoms with E-state index in [1.807, 2.05) is 30.3 Å². The number of aliphatic hydroxyl groups is 1.